The molecular weight excluding hydrogens is 344 g/mol. The average molecular weight is 364 g/mol. The van der Waals surface area contributed by atoms with Crippen molar-refractivity contribution in [2.24, 2.45) is 5.73 Å². The third-order valence-corrected chi connectivity index (χ3v) is 5.15. The molecule has 2 aromatic carbocycles. The van der Waals surface area contributed by atoms with E-state index in [0.717, 1.165) is 17.3 Å². The zero-order valence-corrected chi connectivity index (χ0v) is 14.7. The number of para-hydroxylation sites is 1. The first-order valence-corrected chi connectivity index (χ1v) is 8.96. The van der Waals surface area contributed by atoms with Crippen LogP contribution in [0.15, 0.2) is 53.4 Å². The number of rotatable bonds is 7. The highest BCUT2D eigenvalue weighted by molar-refractivity contribution is 7.89. The molecule has 9 heteroatoms. The summed E-state index contributed by atoms with van der Waals surface area (Å²) < 4.78 is 27.1. The van der Waals surface area contributed by atoms with Crippen molar-refractivity contribution in [3.05, 3.63) is 64.2 Å². The highest BCUT2D eigenvalue weighted by atomic mass is 32.2. The van der Waals surface area contributed by atoms with E-state index in [1.165, 1.54) is 18.2 Å². The van der Waals surface area contributed by atoms with Gasteiger partial charge in [0.25, 0.3) is 5.69 Å². The van der Waals surface area contributed by atoms with Crippen LogP contribution in [0.25, 0.3) is 0 Å². The van der Waals surface area contributed by atoms with Crippen LogP contribution in [0.3, 0.4) is 0 Å². The lowest BCUT2D eigenvalue weighted by Gasteiger charge is -2.16. The molecule has 25 heavy (non-hydrogen) atoms. The predicted molar refractivity (Wildman–Crippen MR) is 96.0 cm³/mol. The molecule has 1 unspecified atom stereocenters. The Kier molecular flexibility index (Phi) is 5.73. The van der Waals surface area contributed by atoms with Crippen LogP contribution in [-0.2, 0) is 10.0 Å². The second kappa shape index (κ2) is 7.60. The molecule has 0 bridgehead atoms. The zero-order chi connectivity index (χ0) is 18.6. The monoisotopic (exact) mass is 364 g/mol. The van der Waals surface area contributed by atoms with Gasteiger partial charge in [0.15, 0.2) is 4.90 Å². The van der Waals surface area contributed by atoms with Crippen molar-refractivity contribution in [2.45, 2.75) is 10.9 Å². The molecule has 2 rings (SSSR count). The van der Waals surface area contributed by atoms with Crippen LogP contribution in [0.2, 0.25) is 0 Å². The van der Waals surface area contributed by atoms with Crippen molar-refractivity contribution in [3.8, 4) is 0 Å². The molecule has 0 aliphatic heterocycles. The molecule has 0 saturated heterocycles. The maximum atomic E-state index is 12.4. The van der Waals surface area contributed by atoms with Crippen LogP contribution in [0, 0.1) is 10.1 Å². The minimum absolute atomic E-state index is 0.0737. The number of sulfonamides is 1. The number of hydrogen-bond donors (Lipinski definition) is 2. The smallest absolute Gasteiger partial charge is 0.289 e. The number of nitrogens with one attached hydrogen (secondary N) is 1. The van der Waals surface area contributed by atoms with E-state index in [1.807, 2.05) is 43.3 Å². The van der Waals surface area contributed by atoms with Crippen molar-refractivity contribution >= 4 is 21.4 Å². The number of nitro benzene ring substituents is 1. The topological polar surface area (TPSA) is 119 Å². The highest BCUT2D eigenvalue weighted by Gasteiger charge is 2.25. The Morgan fingerprint density at radius 2 is 1.76 bits per heavy atom. The lowest BCUT2D eigenvalue weighted by molar-refractivity contribution is -0.387. The number of hydrogen-bond acceptors (Lipinski definition) is 6. The van der Waals surface area contributed by atoms with Gasteiger partial charge in [-0.1, -0.05) is 24.3 Å². The second-order valence-corrected chi connectivity index (χ2v) is 7.40. The van der Waals surface area contributed by atoms with Gasteiger partial charge in [0.2, 0.25) is 10.0 Å². The van der Waals surface area contributed by atoms with E-state index < -0.39 is 26.7 Å². The van der Waals surface area contributed by atoms with Crippen LogP contribution in [0.5, 0.6) is 0 Å². The van der Waals surface area contributed by atoms with Gasteiger partial charge < -0.3 is 10.6 Å². The fraction of sp³-hybridized carbons (Fsp3) is 0.250. The van der Waals surface area contributed by atoms with Crippen molar-refractivity contribution in [1.29, 1.82) is 0 Å². The minimum atomic E-state index is -4.04. The highest BCUT2D eigenvalue weighted by Crippen LogP contribution is 2.23. The molecule has 0 heterocycles. The van der Waals surface area contributed by atoms with E-state index in [0.29, 0.717) is 0 Å². The van der Waals surface area contributed by atoms with E-state index in [9.17, 15) is 18.5 Å². The number of nitro groups is 1. The summed E-state index contributed by atoms with van der Waals surface area (Å²) in [5, 5.41) is 11.0. The van der Waals surface area contributed by atoms with Crippen LogP contribution < -0.4 is 15.4 Å². The van der Waals surface area contributed by atoms with E-state index >= 15 is 0 Å². The van der Waals surface area contributed by atoms with E-state index in [2.05, 4.69) is 4.72 Å². The normalized spacial score (nSPS) is 12.6. The molecule has 8 nitrogen and oxygen atoms in total. The summed E-state index contributed by atoms with van der Waals surface area (Å²) in [7, 11) is -0.215. The summed E-state index contributed by atoms with van der Waals surface area (Å²) in [4.78, 5) is 11.8. The second-order valence-electron chi connectivity index (χ2n) is 5.67. The minimum Gasteiger partial charge on any atom is -0.378 e. The zero-order valence-electron chi connectivity index (χ0n) is 13.9. The fourth-order valence-electron chi connectivity index (χ4n) is 2.25. The van der Waals surface area contributed by atoms with Gasteiger partial charge >= 0.3 is 0 Å². The van der Waals surface area contributed by atoms with Crippen molar-refractivity contribution in [1.82, 2.24) is 4.72 Å². The number of anilines is 1. The van der Waals surface area contributed by atoms with Crippen LogP contribution in [0.4, 0.5) is 11.4 Å². The molecule has 0 saturated carbocycles. The third-order valence-electron chi connectivity index (χ3n) is 3.68. The lowest BCUT2D eigenvalue weighted by Crippen LogP contribution is -2.32. The Hall–Kier alpha value is -2.49. The summed E-state index contributed by atoms with van der Waals surface area (Å²) in [6, 6.07) is 12.0. The van der Waals surface area contributed by atoms with Gasteiger partial charge in [-0.25, -0.2) is 13.1 Å². The van der Waals surface area contributed by atoms with Gasteiger partial charge in [-0.05, 0) is 23.8 Å². The van der Waals surface area contributed by atoms with Gasteiger partial charge in [0, 0.05) is 38.4 Å². The average Bonchev–Trinajstić information content (AvgIpc) is 2.59. The quantitative estimate of drug-likeness (QED) is 0.569. The molecule has 134 valence electrons. The molecule has 0 amide bonds. The molecule has 0 aliphatic carbocycles. The standard InChI is InChI=1S/C16H20N4O4S/c1-19(2)13-9-7-12(8-10-13)14(17)11-18-25(23,24)16-6-4-3-5-15(16)20(21)22/h3-10,14,18H,11,17H2,1-2H3. The summed E-state index contributed by atoms with van der Waals surface area (Å²) in [6.45, 7) is -0.0737. The van der Waals surface area contributed by atoms with Crippen molar-refractivity contribution in [2.75, 3.05) is 25.5 Å². The fourth-order valence-corrected chi connectivity index (χ4v) is 3.48. The van der Waals surface area contributed by atoms with Crippen LogP contribution in [0.1, 0.15) is 11.6 Å². The molecule has 0 aromatic heterocycles. The summed E-state index contributed by atoms with van der Waals surface area (Å²) >= 11 is 0. The van der Waals surface area contributed by atoms with Gasteiger partial charge in [-0.3, -0.25) is 10.1 Å². The molecule has 0 radical (unpaired) electrons. The Morgan fingerprint density at radius 3 is 2.32 bits per heavy atom. The van der Waals surface area contributed by atoms with Crippen molar-refractivity contribution < 1.29 is 13.3 Å². The largest absolute Gasteiger partial charge is 0.378 e. The number of benzene rings is 2. The summed E-state index contributed by atoms with van der Waals surface area (Å²) in [6.07, 6.45) is 0. The van der Waals surface area contributed by atoms with Gasteiger partial charge in [0.1, 0.15) is 0 Å². The van der Waals surface area contributed by atoms with E-state index in [1.54, 1.807) is 0 Å². The molecular formula is C16H20N4O4S. The maximum absolute atomic E-state index is 12.4. The Morgan fingerprint density at radius 1 is 1.16 bits per heavy atom. The first-order chi connectivity index (χ1) is 11.7. The van der Waals surface area contributed by atoms with Crippen molar-refractivity contribution in [3.63, 3.8) is 0 Å². The third kappa shape index (κ3) is 4.53. The first-order valence-electron chi connectivity index (χ1n) is 7.48. The summed E-state index contributed by atoms with van der Waals surface area (Å²) in [5.41, 5.74) is 7.31. The molecule has 2 aromatic rings. The van der Waals surface area contributed by atoms with Gasteiger partial charge in [0.05, 0.1) is 4.92 Å². The van der Waals surface area contributed by atoms with Crippen LogP contribution in [-0.4, -0.2) is 34.0 Å². The number of nitrogens with zero attached hydrogens (tertiary/aromatic N) is 2. The number of nitrogens with two attached hydrogens (primary N) is 1. The van der Waals surface area contributed by atoms with Gasteiger partial charge in [-0.15, -0.1) is 0 Å². The van der Waals surface area contributed by atoms with E-state index in [-0.39, 0.29) is 11.4 Å². The molecule has 1 atom stereocenters. The van der Waals surface area contributed by atoms with E-state index in [4.69, 9.17) is 5.73 Å². The predicted octanol–water partition coefficient (Wildman–Crippen LogP) is 1.64. The Balaban J connectivity index is 2.13. The Bertz CT molecular complexity index is 851. The molecule has 0 aliphatic rings. The van der Waals surface area contributed by atoms with Crippen LogP contribution >= 0.6 is 0 Å². The first kappa shape index (κ1) is 18.8. The SMILES string of the molecule is CN(C)c1ccc(C(N)CNS(=O)(=O)c2ccccc2[N+](=O)[O-])cc1. The van der Waals surface area contributed by atoms with Gasteiger partial charge in [-0.2, -0.15) is 0 Å². The molecule has 0 spiro atoms. The molecule has 3 N–H and O–H groups in total. The lowest BCUT2D eigenvalue weighted by atomic mass is 10.1. The summed E-state index contributed by atoms with van der Waals surface area (Å²) in [5.74, 6) is 0. The molecule has 0 fully saturated rings. The Labute approximate surface area is 146 Å². The maximum Gasteiger partial charge on any atom is 0.289 e.